The quantitative estimate of drug-likeness (QED) is 0.564. The van der Waals surface area contributed by atoms with Crippen molar-refractivity contribution in [3.8, 4) is 0 Å². The lowest BCUT2D eigenvalue weighted by Gasteiger charge is -2.21. The van der Waals surface area contributed by atoms with Crippen LogP contribution in [0.2, 0.25) is 0 Å². The van der Waals surface area contributed by atoms with Crippen molar-refractivity contribution in [2.45, 2.75) is 23.5 Å². The first-order valence-corrected chi connectivity index (χ1v) is 9.63. The zero-order chi connectivity index (χ0) is 16.5. The van der Waals surface area contributed by atoms with Crippen LogP contribution in [0.3, 0.4) is 0 Å². The van der Waals surface area contributed by atoms with Crippen LogP contribution in [0.1, 0.15) is 24.0 Å². The van der Waals surface area contributed by atoms with Crippen molar-refractivity contribution < 1.29 is 4.42 Å². The molecule has 2 nitrogen and oxygen atoms in total. The van der Waals surface area contributed by atoms with Crippen molar-refractivity contribution in [2.75, 3.05) is 0 Å². The van der Waals surface area contributed by atoms with Crippen molar-refractivity contribution in [3.05, 3.63) is 80.9 Å². The molecule has 3 heterocycles. The molecule has 4 heteroatoms. The molecule has 0 radical (unpaired) electrons. The van der Waals surface area contributed by atoms with E-state index in [2.05, 4.69) is 29.7 Å². The van der Waals surface area contributed by atoms with Gasteiger partial charge in [-0.2, -0.15) is 0 Å². The standard InChI is InChI=1S/C20H16O2S2/c1-2-3-7-13-12-15(17-10-6-11-23-17)19-20(24-13)18(21)14-8-4-5-9-16(14)22-19/h2-6,8-13H,7H2,1H3. The molecular weight excluding hydrogens is 336 g/mol. The minimum atomic E-state index is 0.0736. The molecule has 1 atom stereocenters. The molecule has 0 fully saturated rings. The lowest BCUT2D eigenvalue weighted by molar-refractivity contribution is 0.569. The van der Waals surface area contributed by atoms with Gasteiger partial charge in [0, 0.05) is 15.7 Å². The first-order chi connectivity index (χ1) is 11.8. The highest BCUT2D eigenvalue weighted by atomic mass is 32.2. The Bertz CT molecular complexity index is 994. The maximum Gasteiger partial charge on any atom is 0.206 e. The zero-order valence-corrected chi connectivity index (χ0v) is 14.8. The Morgan fingerprint density at radius 1 is 1.21 bits per heavy atom. The number of benzene rings is 1. The van der Waals surface area contributed by atoms with Crippen molar-refractivity contribution in [1.82, 2.24) is 0 Å². The summed E-state index contributed by atoms with van der Waals surface area (Å²) in [5, 5.41) is 2.95. The van der Waals surface area contributed by atoms with Crippen LogP contribution < -0.4 is 5.43 Å². The van der Waals surface area contributed by atoms with Crippen LogP contribution >= 0.6 is 23.1 Å². The van der Waals surface area contributed by atoms with Gasteiger partial charge in [0.25, 0.3) is 0 Å². The van der Waals surface area contributed by atoms with E-state index in [1.54, 1.807) is 23.1 Å². The molecule has 1 aliphatic heterocycles. The lowest BCUT2D eigenvalue weighted by atomic mass is 10.1. The summed E-state index contributed by atoms with van der Waals surface area (Å²) < 4.78 is 6.15. The number of fused-ring (bicyclic) bond motifs is 2. The van der Waals surface area contributed by atoms with Crippen LogP contribution in [0.15, 0.2) is 74.1 Å². The minimum Gasteiger partial charge on any atom is -0.455 e. The summed E-state index contributed by atoms with van der Waals surface area (Å²) in [5.41, 5.74) is 1.76. The van der Waals surface area contributed by atoms with Gasteiger partial charge in [0.05, 0.1) is 10.3 Å². The number of thiophene rings is 1. The monoisotopic (exact) mass is 352 g/mol. The molecule has 0 bridgehead atoms. The maximum absolute atomic E-state index is 13.0. The summed E-state index contributed by atoms with van der Waals surface area (Å²) in [5.74, 6) is 0.711. The number of hydrogen-bond acceptors (Lipinski definition) is 4. The Labute approximate surface area is 148 Å². The third-order valence-electron chi connectivity index (χ3n) is 4.01. The predicted molar refractivity (Wildman–Crippen MR) is 103 cm³/mol. The van der Waals surface area contributed by atoms with E-state index in [0.717, 1.165) is 21.8 Å². The van der Waals surface area contributed by atoms with E-state index in [9.17, 15) is 4.79 Å². The first-order valence-electron chi connectivity index (χ1n) is 7.87. The van der Waals surface area contributed by atoms with Gasteiger partial charge in [0.15, 0.2) is 5.76 Å². The molecule has 120 valence electrons. The van der Waals surface area contributed by atoms with Gasteiger partial charge in [0.1, 0.15) is 5.58 Å². The van der Waals surface area contributed by atoms with Crippen LogP contribution in [0.4, 0.5) is 0 Å². The molecule has 4 rings (SSSR count). The SMILES string of the molecule is CC=CCC1C=C(c2cccs2)c2oc3ccccc3c(=O)c2S1. The van der Waals surface area contributed by atoms with Gasteiger partial charge < -0.3 is 4.42 Å². The van der Waals surface area contributed by atoms with Crippen LogP contribution in [0.5, 0.6) is 0 Å². The van der Waals surface area contributed by atoms with E-state index in [0.29, 0.717) is 16.7 Å². The van der Waals surface area contributed by atoms with Gasteiger partial charge >= 0.3 is 0 Å². The van der Waals surface area contributed by atoms with Gasteiger partial charge in [-0.1, -0.05) is 36.4 Å². The van der Waals surface area contributed by atoms with Crippen molar-refractivity contribution >= 4 is 39.6 Å². The van der Waals surface area contributed by atoms with Crippen molar-refractivity contribution in [2.24, 2.45) is 0 Å². The topological polar surface area (TPSA) is 30.2 Å². The predicted octanol–water partition coefficient (Wildman–Crippen LogP) is 5.73. The molecule has 1 aliphatic rings. The molecule has 0 saturated heterocycles. The number of hydrogen-bond donors (Lipinski definition) is 0. The third-order valence-corrected chi connectivity index (χ3v) is 6.15. The number of para-hydroxylation sites is 1. The van der Waals surface area contributed by atoms with Crippen LogP contribution in [0.25, 0.3) is 16.5 Å². The van der Waals surface area contributed by atoms with Gasteiger partial charge in [-0.05, 0) is 36.9 Å². The Hall–Kier alpha value is -2.04. The highest BCUT2D eigenvalue weighted by Crippen LogP contribution is 2.42. The van der Waals surface area contributed by atoms with Gasteiger partial charge in [-0.3, -0.25) is 4.79 Å². The largest absolute Gasteiger partial charge is 0.455 e. The summed E-state index contributed by atoms with van der Waals surface area (Å²) in [4.78, 5) is 14.9. The van der Waals surface area contributed by atoms with Gasteiger partial charge in [-0.25, -0.2) is 0 Å². The van der Waals surface area contributed by atoms with E-state index >= 15 is 0 Å². The molecule has 2 aromatic heterocycles. The second-order valence-corrected chi connectivity index (χ2v) is 7.80. The molecular formula is C20H16O2S2. The zero-order valence-electron chi connectivity index (χ0n) is 13.2. The smallest absolute Gasteiger partial charge is 0.206 e. The van der Waals surface area contributed by atoms with E-state index in [1.807, 2.05) is 37.3 Å². The van der Waals surface area contributed by atoms with Crippen LogP contribution in [0, 0.1) is 0 Å². The van der Waals surface area contributed by atoms with Crippen LogP contribution in [-0.2, 0) is 0 Å². The highest BCUT2D eigenvalue weighted by molar-refractivity contribution is 8.00. The summed E-state index contributed by atoms with van der Waals surface area (Å²) in [6.45, 7) is 2.02. The molecule has 0 spiro atoms. The highest BCUT2D eigenvalue weighted by Gasteiger charge is 2.27. The summed E-state index contributed by atoms with van der Waals surface area (Å²) >= 11 is 3.28. The molecule has 24 heavy (non-hydrogen) atoms. The first kappa shape index (κ1) is 15.5. The van der Waals surface area contributed by atoms with E-state index < -0.39 is 0 Å². The Morgan fingerprint density at radius 2 is 2.08 bits per heavy atom. The fourth-order valence-corrected chi connectivity index (χ4v) is 4.81. The third kappa shape index (κ3) is 2.66. The molecule has 1 unspecified atom stereocenters. The maximum atomic E-state index is 13.0. The fraction of sp³-hybridized carbons (Fsp3) is 0.150. The number of thioether (sulfide) groups is 1. The fourth-order valence-electron chi connectivity index (χ4n) is 2.87. The summed E-state index contributed by atoms with van der Waals surface area (Å²) in [6.07, 6.45) is 7.34. The van der Waals surface area contributed by atoms with Gasteiger partial charge in [-0.15, -0.1) is 23.1 Å². The second-order valence-electron chi connectivity index (χ2n) is 5.60. The van der Waals surface area contributed by atoms with E-state index in [-0.39, 0.29) is 10.7 Å². The Morgan fingerprint density at radius 3 is 2.88 bits per heavy atom. The van der Waals surface area contributed by atoms with E-state index in [4.69, 9.17) is 4.42 Å². The van der Waals surface area contributed by atoms with E-state index in [1.165, 1.54) is 0 Å². The molecule has 0 saturated carbocycles. The normalized spacial score (nSPS) is 17.2. The molecule has 0 amide bonds. The Balaban J connectivity index is 1.95. The Kier molecular flexibility index (Phi) is 4.17. The number of rotatable bonds is 3. The van der Waals surface area contributed by atoms with Crippen LogP contribution in [-0.4, -0.2) is 5.25 Å². The summed E-state index contributed by atoms with van der Waals surface area (Å²) in [6, 6.07) is 11.6. The molecule has 1 aromatic carbocycles. The second kappa shape index (κ2) is 6.46. The lowest BCUT2D eigenvalue weighted by Crippen LogP contribution is -2.15. The average Bonchev–Trinajstić information content (AvgIpc) is 3.14. The van der Waals surface area contributed by atoms with Crippen molar-refractivity contribution in [1.29, 1.82) is 0 Å². The molecule has 0 aliphatic carbocycles. The number of allylic oxidation sites excluding steroid dienone is 2. The molecule has 3 aromatic rings. The van der Waals surface area contributed by atoms with Crippen molar-refractivity contribution in [3.63, 3.8) is 0 Å². The minimum absolute atomic E-state index is 0.0736. The summed E-state index contributed by atoms with van der Waals surface area (Å²) in [7, 11) is 0. The average molecular weight is 352 g/mol. The van der Waals surface area contributed by atoms with Gasteiger partial charge in [0.2, 0.25) is 5.43 Å². The molecule has 0 N–H and O–H groups in total.